The van der Waals surface area contributed by atoms with Gasteiger partial charge < -0.3 is 14.0 Å². The predicted octanol–water partition coefficient (Wildman–Crippen LogP) is 3.81. The molecule has 36 heavy (non-hydrogen) atoms. The zero-order valence-corrected chi connectivity index (χ0v) is 20.3. The molecule has 0 aliphatic carbocycles. The number of imidazole rings is 1. The zero-order chi connectivity index (χ0) is 25.1. The summed E-state index contributed by atoms with van der Waals surface area (Å²) in [7, 11) is 0. The molecule has 0 saturated carbocycles. The molecule has 0 bridgehead atoms. The monoisotopic (exact) mass is 497 g/mol. The Morgan fingerprint density at radius 2 is 1.83 bits per heavy atom. The quantitative estimate of drug-likeness (QED) is 0.405. The number of benzene rings is 2. The molecule has 3 heterocycles. The van der Waals surface area contributed by atoms with Crippen LogP contribution in [0.4, 0.5) is 0 Å². The first-order valence-corrected chi connectivity index (χ1v) is 12.1. The average Bonchev–Trinajstić information content (AvgIpc) is 3.32. The Hall–Kier alpha value is -4.15. The van der Waals surface area contributed by atoms with Crippen LogP contribution in [0, 0.1) is 11.3 Å². The van der Waals surface area contributed by atoms with Crippen molar-refractivity contribution in [1.29, 1.82) is 5.26 Å². The van der Waals surface area contributed by atoms with Crippen molar-refractivity contribution in [2.24, 2.45) is 0 Å². The van der Waals surface area contributed by atoms with Gasteiger partial charge in [0.25, 0.3) is 5.56 Å². The van der Waals surface area contributed by atoms with E-state index >= 15 is 0 Å². The van der Waals surface area contributed by atoms with E-state index in [0.29, 0.717) is 36.5 Å². The highest BCUT2D eigenvalue weighted by atomic mass is 35.5. The number of hydrogen-bond acceptors (Lipinski definition) is 4. The standard InChI is InChI=1S/C28H24ClN5O2/c29-24-9-10-27(35)32(16-24)18-28(36)34-15-23-4-2-1-3-22(23)12-26(34)17-33-19-31-14-25(33)11-20-5-7-21(13-30)8-6-20/h1-10,14,16,19,26H,11-12,15,17-18H2/t26-/m0/s1. The predicted molar refractivity (Wildman–Crippen MR) is 136 cm³/mol. The lowest BCUT2D eigenvalue weighted by Gasteiger charge is -2.37. The molecule has 1 aliphatic rings. The third kappa shape index (κ3) is 5.09. The number of carbonyl (C=O) groups excluding carboxylic acids is 1. The fourth-order valence-electron chi connectivity index (χ4n) is 4.70. The smallest absolute Gasteiger partial charge is 0.251 e. The van der Waals surface area contributed by atoms with E-state index in [1.807, 2.05) is 53.6 Å². The summed E-state index contributed by atoms with van der Waals surface area (Å²) < 4.78 is 3.44. The number of nitrogens with zero attached hydrogens (tertiary/aromatic N) is 5. The molecule has 0 saturated heterocycles. The van der Waals surface area contributed by atoms with Gasteiger partial charge in [-0.25, -0.2) is 4.98 Å². The molecule has 0 spiro atoms. The highest BCUT2D eigenvalue weighted by molar-refractivity contribution is 6.30. The van der Waals surface area contributed by atoms with Crippen LogP contribution in [0.3, 0.4) is 0 Å². The van der Waals surface area contributed by atoms with Gasteiger partial charge in [-0.05, 0) is 41.3 Å². The topological polar surface area (TPSA) is 83.9 Å². The Morgan fingerprint density at radius 1 is 1.06 bits per heavy atom. The molecule has 0 N–H and O–H groups in total. The molecule has 7 nitrogen and oxygen atoms in total. The molecule has 180 valence electrons. The Balaban J connectivity index is 1.40. The van der Waals surface area contributed by atoms with Gasteiger partial charge in [-0.2, -0.15) is 5.26 Å². The highest BCUT2D eigenvalue weighted by Gasteiger charge is 2.30. The number of aromatic nitrogens is 3. The van der Waals surface area contributed by atoms with Crippen LogP contribution >= 0.6 is 11.6 Å². The minimum atomic E-state index is -0.263. The molecule has 0 unspecified atom stereocenters. The van der Waals surface area contributed by atoms with Gasteiger partial charge in [-0.3, -0.25) is 9.59 Å². The van der Waals surface area contributed by atoms with Gasteiger partial charge in [0.15, 0.2) is 0 Å². The molecule has 1 amide bonds. The SMILES string of the molecule is N#Cc1ccc(Cc2cncn2C[C@@H]2Cc3ccccc3CN2C(=O)Cn2cc(Cl)ccc2=O)cc1. The second-order valence-corrected chi connectivity index (χ2v) is 9.42. The number of pyridine rings is 1. The fraction of sp³-hybridized carbons (Fsp3) is 0.214. The van der Waals surface area contributed by atoms with Crippen LogP contribution in [0.1, 0.15) is 27.9 Å². The number of halogens is 1. The lowest BCUT2D eigenvalue weighted by molar-refractivity contribution is -0.135. The molecule has 1 atom stereocenters. The van der Waals surface area contributed by atoms with Crippen molar-refractivity contribution in [2.45, 2.75) is 38.5 Å². The lowest BCUT2D eigenvalue weighted by atomic mass is 9.93. The largest absolute Gasteiger partial charge is 0.332 e. The molecule has 1 aliphatic heterocycles. The van der Waals surface area contributed by atoms with Crippen molar-refractivity contribution in [3.8, 4) is 6.07 Å². The van der Waals surface area contributed by atoms with Crippen molar-refractivity contribution < 1.29 is 4.79 Å². The van der Waals surface area contributed by atoms with E-state index in [1.54, 1.807) is 6.33 Å². The summed E-state index contributed by atoms with van der Waals surface area (Å²) in [6.45, 7) is 0.991. The van der Waals surface area contributed by atoms with Gasteiger partial charge in [-0.1, -0.05) is 48.0 Å². The number of fused-ring (bicyclic) bond motifs is 1. The first-order valence-electron chi connectivity index (χ1n) is 11.7. The summed E-state index contributed by atoms with van der Waals surface area (Å²) in [6, 6.07) is 20.6. The molecular weight excluding hydrogens is 474 g/mol. The van der Waals surface area contributed by atoms with E-state index in [9.17, 15) is 9.59 Å². The second kappa shape index (κ2) is 10.2. The zero-order valence-electron chi connectivity index (χ0n) is 19.5. The van der Waals surface area contributed by atoms with E-state index < -0.39 is 0 Å². The minimum absolute atomic E-state index is 0.0694. The van der Waals surface area contributed by atoms with Crippen molar-refractivity contribution in [3.05, 3.63) is 123 Å². The van der Waals surface area contributed by atoms with Crippen LogP contribution in [-0.4, -0.2) is 31.0 Å². The maximum absolute atomic E-state index is 13.5. The van der Waals surface area contributed by atoms with E-state index in [4.69, 9.17) is 16.9 Å². The molecule has 0 fully saturated rings. The van der Waals surface area contributed by atoms with Gasteiger partial charge in [0.2, 0.25) is 5.91 Å². The number of hydrogen-bond donors (Lipinski definition) is 0. The van der Waals surface area contributed by atoms with Crippen molar-refractivity contribution in [2.75, 3.05) is 0 Å². The number of carbonyl (C=O) groups is 1. The summed E-state index contributed by atoms with van der Waals surface area (Å²) in [6.07, 6.45) is 6.51. The van der Waals surface area contributed by atoms with Gasteiger partial charge >= 0.3 is 0 Å². The molecule has 2 aromatic carbocycles. The van der Waals surface area contributed by atoms with Crippen molar-refractivity contribution in [3.63, 3.8) is 0 Å². The summed E-state index contributed by atoms with van der Waals surface area (Å²) in [4.78, 5) is 32.0. The summed E-state index contributed by atoms with van der Waals surface area (Å²) in [5, 5.41) is 9.46. The van der Waals surface area contributed by atoms with Crippen LogP contribution in [-0.2, 0) is 37.3 Å². The molecular formula is C28H24ClN5O2. The molecule has 4 aromatic rings. The van der Waals surface area contributed by atoms with Gasteiger partial charge in [0.1, 0.15) is 6.54 Å². The van der Waals surface area contributed by atoms with Crippen LogP contribution in [0.2, 0.25) is 5.02 Å². The minimum Gasteiger partial charge on any atom is -0.332 e. The average molecular weight is 498 g/mol. The third-order valence-corrected chi connectivity index (χ3v) is 6.83. The molecule has 2 aromatic heterocycles. The Morgan fingerprint density at radius 3 is 2.61 bits per heavy atom. The number of rotatable bonds is 6. The number of amides is 1. The van der Waals surface area contributed by atoms with E-state index in [0.717, 1.165) is 16.8 Å². The second-order valence-electron chi connectivity index (χ2n) is 8.98. The van der Waals surface area contributed by atoms with Gasteiger partial charge in [0.05, 0.1) is 29.0 Å². The summed E-state index contributed by atoms with van der Waals surface area (Å²) in [5.74, 6) is -0.132. The molecule has 5 rings (SSSR count). The van der Waals surface area contributed by atoms with Crippen molar-refractivity contribution in [1.82, 2.24) is 19.0 Å². The molecule has 8 heteroatoms. The Kier molecular flexibility index (Phi) is 6.70. The Labute approximate surface area is 213 Å². The van der Waals surface area contributed by atoms with Crippen LogP contribution in [0.25, 0.3) is 0 Å². The Bertz CT molecular complexity index is 1500. The fourth-order valence-corrected chi connectivity index (χ4v) is 4.88. The van der Waals surface area contributed by atoms with Crippen LogP contribution < -0.4 is 5.56 Å². The lowest BCUT2D eigenvalue weighted by Crippen LogP contribution is -2.48. The van der Waals surface area contributed by atoms with Crippen LogP contribution in [0.5, 0.6) is 0 Å². The van der Waals surface area contributed by atoms with E-state index in [2.05, 4.69) is 21.7 Å². The highest BCUT2D eigenvalue weighted by Crippen LogP contribution is 2.25. The first-order chi connectivity index (χ1) is 17.5. The summed E-state index contributed by atoms with van der Waals surface area (Å²) in [5.41, 5.74) is 4.81. The maximum Gasteiger partial charge on any atom is 0.251 e. The van der Waals surface area contributed by atoms with Crippen LogP contribution in [0.15, 0.2) is 84.2 Å². The first kappa shape index (κ1) is 23.6. The van der Waals surface area contributed by atoms with E-state index in [1.165, 1.54) is 28.5 Å². The number of nitriles is 1. The van der Waals surface area contributed by atoms with Crippen molar-refractivity contribution >= 4 is 17.5 Å². The molecule has 0 radical (unpaired) electrons. The van der Waals surface area contributed by atoms with Gasteiger partial charge in [-0.15, -0.1) is 0 Å². The van der Waals surface area contributed by atoms with E-state index in [-0.39, 0.29) is 24.1 Å². The maximum atomic E-state index is 13.5. The third-order valence-electron chi connectivity index (χ3n) is 6.60. The normalized spacial score (nSPS) is 14.8. The van der Waals surface area contributed by atoms with Gasteiger partial charge in [0, 0.05) is 43.7 Å². The summed E-state index contributed by atoms with van der Waals surface area (Å²) >= 11 is 6.07.